The number of hydrogen-bond acceptors (Lipinski definition) is 10. The molecule has 5 aromatic rings. The van der Waals surface area contributed by atoms with Gasteiger partial charge in [0, 0.05) is 48.1 Å². The van der Waals surface area contributed by atoms with Crippen molar-refractivity contribution < 1.29 is 34.1 Å². The van der Waals surface area contributed by atoms with Crippen LogP contribution in [-0.2, 0) is 16.1 Å². The Morgan fingerprint density at radius 1 is 0.955 bits per heavy atom. The Morgan fingerprint density at radius 3 is 2.42 bits per heavy atom. The Bertz CT molecular complexity index is 2580. The molecule has 0 saturated heterocycles. The fourth-order valence-corrected chi connectivity index (χ4v) is 10.8. The minimum atomic E-state index is -1.46. The highest BCUT2D eigenvalue weighted by Crippen LogP contribution is 2.62. The van der Waals surface area contributed by atoms with E-state index in [0.717, 1.165) is 63.8 Å². The van der Waals surface area contributed by atoms with Crippen LogP contribution in [0.2, 0.25) is 0 Å². The summed E-state index contributed by atoms with van der Waals surface area (Å²) >= 11 is 1.67. The monoisotopic (exact) mass is 905 g/mol. The molecule has 2 N–H and O–H groups in total. The van der Waals surface area contributed by atoms with Gasteiger partial charge in [-0.3, -0.25) is 4.79 Å². The minimum absolute atomic E-state index is 0.0438. The summed E-state index contributed by atoms with van der Waals surface area (Å²) < 4.78 is 21.3. The van der Waals surface area contributed by atoms with E-state index >= 15 is 4.79 Å². The van der Waals surface area contributed by atoms with Crippen molar-refractivity contribution in [2.75, 3.05) is 32.7 Å². The zero-order valence-electron chi connectivity index (χ0n) is 37.8. The van der Waals surface area contributed by atoms with Crippen LogP contribution < -0.4 is 9.47 Å². The number of aliphatic hydroxyl groups is 2. The second-order valence-electron chi connectivity index (χ2n) is 17.2. The molecule has 1 amide bonds. The van der Waals surface area contributed by atoms with Crippen LogP contribution in [0.15, 0.2) is 144 Å². The Kier molecular flexibility index (Phi) is 15.3. The van der Waals surface area contributed by atoms with E-state index in [-0.39, 0.29) is 56.4 Å². The van der Waals surface area contributed by atoms with Crippen molar-refractivity contribution in [3.05, 3.63) is 156 Å². The third-order valence-electron chi connectivity index (χ3n) is 13.4. The van der Waals surface area contributed by atoms with Crippen molar-refractivity contribution in [3.8, 4) is 23.3 Å². The lowest BCUT2D eigenvalue weighted by Gasteiger charge is -2.60. The summed E-state index contributed by atoms with van der Waals surface area (Å²) in [4.78, 5) is 24.5. The van der Waals surface area contributed by atoms with E-state index in [9.17, 15) is 15.5 Å². The van der Waals surface area contributed by atoms with Crippen molar-refractivity contribution in [1.82, 2.24) is 4.90 Å². The van der Waals surface area contributed by atoms with Crippen LogP contribution in [0.4, 0.5) is 0 Å². The number of thioether (sulfide) groups is 1. The van der Waals surface area contributed by atoms with Crippen LogP contribution in [-0.4, -0.2) is 71.2 Å². The lowest BCUT2D eigenvalue weighted by molar-refractivity contribution is -0.255. The average Bonchev–Trinajstić information content (AvgIpc) is 3.35. The smallest absolute Gasteiger partial charge is 0.254 e. The molecule has 1 heterocycles. The quantitative estimate of drug-likeness (QED) is 0.0339. The maximum atomic E-state index is 15.5. The highest BCUT2D eigenvalue weighted by molar-refractivity contribution is 7.98. The SMILES string of the molecule is C=CCO[C@@]12Oc3ccc(Oc4ccc(SC)cc4)cc3[C@H]3[C@H](CCCCO)[C@@H](CCCCO)C=C(C(=NOCC)C[C@@H]1N(Cc1cccc4ccccc14)C(=O)c1ccc(C#N)cc1)[C@H]32. The summed E-state index contributed by atoms with van der Waals surface area (Å²) in [5.74, 6) is -0.282. The van der Waals surface area contributed by atoms with Gasteiger partial charge < -0.3 is 34.2 Å². The first-order valence-electron chi connectivity index (χ1n) is 23.2. The van der Waals surface area contributed by atoms with E-state index < -0.39 is 17.7 Å². The zero-order chi connectivity index (χ0) is 46.0. The van der Waals surface area contributed by atoms with Crippen LogP contribution in [0.1, 0.15) is 84.8 Å². The Morgan fingerprint density at radius 2 is 1.70 bits per heavy atom. The Labute approximate surface area is 392 Å². The largest absolute Gasteiger partial charge is 0.459 e. The molecule has 342 valence electrons. The molecule has 0 spiro atoms. The minimum Gasteiger partial charge on any atom is -0.459 e. The van der Waals surface area contributed by atoms with Crippen molar-refractivity contribution in [1.29, 1.82) is 5.26 Å². The molecule has 3 aliphatic rings. The lowest BCUT2D eigenvalue weighted by atomic mass is 9.55. The van der Waals surface area contributed by atoms with Gasteiger partial charge in [0.15, 0.2) is 0 Å². The van der Waals surface area contributed by atoms with Crippen molar-refractivity contribution in [3.63, 3.8) is 0 Å². The fraction of sp³-hybridized carbons (Fsp3) is 0.364. The number of carbonyl (C=O) groups is 1. The summed E-state index contributed by atoms with van der Waals surface area (Å²) in [7, 11) is 0. The number of unbranched alkanes of at least 4 members (excludes halogenated alkanes) is 2. The predicted octanol–water partition coefficient (Wildman–Crippen LogP) is 11.2. The number of carbonyl (C=O) groups excluding carboxylic acids is 1. The number of fused-ring (bicyclic) bond motifs is 3. The highest BCUT2D eigenvalue weighted by atomic mass is 32.2. The maximum absolute atomic E-state index is 15.5. The topological polar surface area (TPSA) is 134 Å². The van der Waals surface area contributed by atoms with E-state index in [4.69, 9.17) is 24.2 Å². The number of rotatable bonds is 20. The third kappa shape index (κ3) is 9.65. The van der Waals surface area contributed by atoms with Crippen LogP contribution in [0.25, 0.3) is 10.8 Å². The number of nitrogens with zero attached hydrogens (tertiary/aromatic N) is 3. The number of allylic oxidation sites excluding steroid dienone is 1. The number of hydrogen-bond donors (Lipinski definition) is 2. The molecule has 0 radical (unpaired) electrons. The first kappa shape index (κ1) is 46.6. The number of ether oxygens (including phenoxy) is 3. The van der Waals surface area contributed by atoms with Crippen molar-refractivity contribution in [2.24, 2.45) is 22.9 Å². The average molecular weight is 906 g/mol. The fourth-order valence-electron chi connectivity index (χ4n) is 10.4. The molecule has 1 aliphatic heterocycles. The molecular formula is C55H59N3O7S. The van der Waals surface area contributed by atoms with Gasteiger partial charge >= 0.3 is 0 Å². The first-order valence-corrected chi connectivity index (χ1v) is 24.4. The van der Waals surface area contributed by atoms with Crippen molar-refractivity contribution in [2.45, 2.75) is 81.1 Å². The standard InChI is InChI=1S/C55H59N3O7S/c1-4-31-62-55-51(58(54(61)39-21-19-37(35-56)20-22-39)36-41-16-12-15-38-13-6-7-17-45(38)41)34-49(57-63-5-2)47-32-40(14-8-10-29-59)46(18-9-11-30-60)52(53(47)55)48-33-43(25-28-50(48)65-55)64-42-23-26-44(66-3)27-24-42/h4,6-7,12-13,15-17,19-28,32-33,40,46,51-53,59-60H,1,5,8-11,14,18,29-31,34,36H2,2-3H3/t40-,46+,51-,52+,53+,55+/m0/s1. The normalized spacial score (nSPS) is 22.3. The van der Waals surface area contributed by atoms with Gasteiger partial charge in [0.1, 0.15) is 29.9 Å². The summed E-state index contributed by atoms with van der Waals surface area (Å²) in [6.07, 6.45) is 11.0. The first-order chi connectivity index (χ1) is 32.4. The van der Waals surface area contributed by atoms with E-state index in [1.165, 1.54) is 0 Å². The molecule has 0 unspecified atom stereocenters. The van der Waals surface area contributed by atoms with Gasteiger partial charge in [-0.15, -0.1) is 18.3 Å². The summed E-state index contributed by atoms with van der Waals surface area (Å²) in [6.45, 7) is 6.89. The van der Waals surface area contributed by atoms with E-state index in [1.807, 2.05) is 72.7 Å². The molecule has 5 aromatic carbocycles. The molecule has 6 atom stereocenters. The molecule has 0 aromatic heterocycles. The number of amides is 1. The maximum Gasteiger partial charge on any atom is 0.254 e. The Hall–Kier alpha value is -5.90. The van der Waals surface area contributed by atoms with Gasteiger partial charge in [0.2, 0.25) is 5.79 Å². The van der Waals surface area contributed by atoms with Gasteiger partial charge in [-0.2, -0.15) is 5.26 Å². The molecular weight excluding hydrogens is 847 g/mol. The molecule has 0 bridgehead atoms. The van der Waals surface area contributed by atoms with Gasteiger partial charge in [-0.05, 0) is 139 Å². The molecule has 1 fully saturated rings. The predicted molar refractivity (Wildman–Crippen MR) is 260 cm³/mol. The molecule has 10 nitrogen and oxygen atoms in total. The number of nitriles is 1. The van der Waals surface area contributed by atoms with E-state index in [0.29, 0.717) is 47.8 Å². The van der Waals surface area contributed by atoms with Gasteiger partial charge in [0.25, 0.3) is 5.91 Å². The lowest BCUT2D eigenvalue weighted by Crippen LogP contribution is -2.70. The van der Waals surface area contributed by atoms with Crippen LogP contribution >= 0.6 is 11.8 Å². The van der Waals surface area contributed by atoms with Gasteiger partial charge in [-0.25, -0.2) is 0 Å². The second kappa shape index (κ2) is 21.6. The number of benzene rings is 5. The van der Waals surface area contributed by atoms with Crippen LogP contribution in [0.3, 0.4) is 0 Å². The molecule has 66 heavy (non-hydrogen) atoms. The summed E-state index contributed by atoms with van der Waals surface area (Å²) in [5, 5.41) is 36.7. The molecule has 2 aliphatic carbocycles. The summed E-state index contributed by atoms with van der Waals surface area (Å²) in [5.41, 5.74) is 4.48. The third-order valence-corrected chi connectivity index (χ3v) is 14.1. The van der Waals surface area contributed by atoms with E-state index in [1.54, 1.807) is 42.1 Å². The Balaban J connectivity index is 1.37. The molecule has 11 heteroatoms. The van der Waals surface area contributed by atoms with Gasteiger partial charge in [-0.1, -0.05) is 72.6 Å². The van der Waals surface area contributed by atoms with Crippen LogP contribution in [0.5, 0.6) is 17.2 Å². The number of aliphatic hydroxyl groups excluding tert-OH is 2. The summed E-state index contributed by atoms with van der Waals surface area (Å²) in [6, 6.07) is 36.6. The second-order valence-corrected chi connectivity index (χ2v) is 18.1. The zero-order valence-corrected chi connectivity index (χ0v) is 38.6. The molecule has 1 saturated carbocycles. The van der Waals surface area contributed by atoms with E-state index in [2.05, 4.69) is 49.1 Å². The highest BCUT2D eigenvalue weighted by Gasteiger charge is 2.65. The van der Waals surface area contributed by atoms with Gasteiger partial charge in [0.05, 0.1) is 29.9 Å². The van der Waals surface area contributed by atoms with Crippen LogP contribution in [0, 0.1) is 29.1 Å². The molecule has 8 rings (SSSR count). The van der Waals surface area contributed by atoms with Crippen molar-refractivity contribution >= 4 is 34.2 Å². The number of oxime groups is 1.